The number of nitrogens with zero attached hydrogens (tertiary/aromatic N) is 1. The summed E-state index contributed by atoms with van der Waals surface area (Å²) in [4.78, 5) is 15.4. The van der Waals surface area contributed by atoms with E-state index in [2.05, 4.69) is 10.3 Å². The van der Waals surface area contributed by atoms with Crippen LogP contribution < -0.4 is 5.32 Å². The number of nitrogens with one attached hydrogen (secondary N) is 1. The van der Waals surface area contributed by atoms with Gasteiger partial charge in [0.25, 0.3) is 0 Å². The van der Waals surface area contributed by atoms with Gasteiger partial charge >= 0.3 is 0 Å². The third kappa shape index (κ3) is 2.17. The van der Waals surface area contributed by atoms with Crippen molar-refractivity contribution < 1.29 is 9.53 Å². The first-order valence-electron chi connectivity index (χ1n) is 4.93. The van der Waals surface area contributed by atoms with Gasteiger partial charge in [0.15, 0.2) is 0 Å². The van der Waals surface area contributed by atoms with Gasteiger partial charge in [-0.1, -0.05) is 12.1 Å². The molecule has 4 heteroatoms. The number of aromatic nitrogens is 1. The second-order valence-electron chi connectivity index (χ2n) is 3.38. The summed E-state index contributed by atoms with van der Waals surface area (Å²) in [6.07, 6.45) is 3.46. The van der Waals surface area contributed by atoms with Crippen molar-refractivity contribution in [3.63, 3.8) is 0 Å². The summed E-state index contributed by atoms with van der Waals surface area (Å²) in [6, 6.07) is 7.62. The number of fused-ring (bicyclic) bond motifs is 1. The van der Waals surface area contributed by atoms with Crippen LogP contribution in [0.5, 0.6) is 0 Å². The Labute approximate surface area is 93.3 Å². The van der Waals surface area contributed by atoms with Crippen molar-refractivity contribution >= 4 is 22.4 Å². The molecule has 0 aliphatic rings. The topological polar surface area (TPSA) is 51.2 Å². The number of amides is 1. The van der Waals surface area contributed by atoms with Crippen molar-refractivity contribution in [1.82, 2.24) is 4.98 Å². The predicted octanol–water partition coefficient (Wildman–Crippen LogP) is 1.82. The smallest absolute Gasteiger partial charge is 0.250 e. The summed E-state index contributed by atoms with van der Waals surface area (Å²) in [5.74, 6) is -0.168. The molecule has 1 N–H and O–H groups in total. The van der Waals surface area contributed by atoms with E-state index >= 15 is 0 Å². The highest BCUT2D eigenvalue weighted by Crippen LogP contribution is 2.21. The fourth-order valence-corrected chi connectivity index (χ4v) is 1.54. The number of carbonyl (C=O) groups is 1. The van der Waals surface area contributed by atoms with Gasteiger partial charge in [0.2, 0.25) is 5.91 Å². The highest BCUT2D eigenvalue weighted by atomic mass is 16.5. The summed E-state index contributed by atoms with van der Waals surface area (Å²) < 4.78 is 4.76. The molecule has 1 amide bonds. The second-order valence-corrected chi connectivity index (χ2v) is 3.38. The molecular weight excluding hydrogens is 204 g/mol. The molecule has 0 radical (unpaired) electrons. The molecule has 0 bridgehead atoms. The number of carbonyl (C=O) groups excluding carboxylic acids is 1. The van der Waals surface area contributed by atoms with Crippen LogP contribution >= 0.6 is 0 Å². The SMILES string of the molecule is COCC(=O)Nc1cccc2ccncc12. The van der Waals surface area contributed by atoms with Gasteiger partial charge in [0, 0.05) is 24.9 Å². The molecular formula is C12H12N2O2. The summed E-state index contributed by atoms with van der Waals surface area (Å²) in [5.41, 5.74) is 0.757. The average molecular weight is 216 g/mol. The third-order valence-electron chi connectivity index (χ3n) is 2.23. The van der Waals surface area contributed by atoms with E-state index in [-0.39, 0.29) is 12.5 Å². The van der Waals surface area contributed by atoms with E-state index in [1.807, 2.05) is 24.3 Å². The normalized spacial score (nSPS) is 10.3. The molecule has 2 rings (SSSR count). The first-order valence-corrected chi connectivity index (χ1v) is 4.93. The van der Waals surface area contributed by atoms with E-state index < -0.39 is 0 Å². The van der Waals surface area contributed by atoms with E-state index in [1.165, 1.54) is 7.11 Å². The fraction of sp³-hybridized carbons (Fsp3) is 0.167. The molecule has 0 saturated carbocycles. The molecule has 0 atom stereocenters. The van der Waals surface area contributed by atoms with Gasteiger partial charge < -0.3 is 10.1 Å². The van der Waals surface area contributed by atoms with E-state index in [1.54, 1.807) is 12.4 Å². The Morgan fingerprint density at radius 2 is 2.31 bits per heavy atom. The minimum atomic E-state index is -0.168. The number of hydrogen-bond donors (Lipinski definition) is 1. The summed E-state index contributed by atoms with van der Waals surface area (Å²) in [5, 5.41) is 4.75. The highest BCUT2D eigenvalue weighted by molar-refractivity contribution is 6.02. The van der Waals surface area contributed by atoms with Gasteiger partial charge in [-0.3, -0.25) is 9.78 Å². The van der Waals surface area contributed by atoms with Crippen LogP contribution in [0, 0.1) is 0 Å². The fourth-order valence-electron chi connectivity index (χ4n) is 1.54. The standard InChI is InChI=1S/C12H12N2O2/c1-16-8-12(15)14-11-4-2-3-9-5-6-13-7-10(9)11/h2-7H,8H2,1H3,(H,14,15). The Hall–Kier alpha value is -1.94. The Balaban J connectivity index is 2.33. The van der Waals surface area contributed by atoms with Crippen molar-refractivity contribution in [2.24, 2.45) is 0 Å². The zero-order chi connectivity index (χ0) is 11.4. The van der Waals surface area contributed by atoms with E-state index in [9.17, 15) is 4.79 Å². The number of methoxy groups -OCH3 is 1. The van der Waals surface area contributed by atoms with Crippen LogP contribution in [0.3, 0.4) is 0 Å². The maximum Gasteiger partial charge on any atom is 0.250 e. The highest BCUT2D eigenvalue weighted by Gasteiger charge is 2.04. The Bertz CT molecular complexity index is 506. The van der Waals surface area contributed by atoms with E-state index in [0.29, 0.717) is 0 Å². The lowest BCUT2D eigenvalue weighted by molar-refractivity contribution is -0.119. The van der Waals surface area contributed by atoms with Crippen LogP contribution in [0.4, 0.5) is 5.69 Å². The minimum absolute atomic E-state index is 0.0522. The molecule has 0 aliphatic heterocycles. The molecule has 0 spiro atoms. The summed E-state index contributed by atoms with van der Waals surface area (Å²) in [6.45, 7) is 0.0522. The molecule has 0 aliphatic carbocycles. The molecule has 0 fully saturated rings. The van der Waals surface area contributed by atoms with Gasteiger partial charge in [-0.2, -0.15) is 0 Å². The largest absolute Gasteiger partial charge is 0.375 e. The van der Waals surface area contributed by atoms with E-state index in [0.717, 1.165) is 16.5 Å². The van der Waals surface area contributed by atoms with Gasteiger partial charge in [0.1, 0.15) is 6.61 Å². The lowest BCUT2D eigenvalue weighted by Gasteiger charge is -2.07. The number of anilines is 1. The van der Waals surface area contributed by atoms with Crippen LogP contribution in [-0.2, 0) is 9.53 Å². The van der Waals surface area contributed by atoms with Crippen molar-refractivity contribution in [2.45, 2.75) is 0 Å². The zero-order valence-electron chi connectivity index (χ0n) is 8.93. The maximum atomic E-state index is 11.4. The monoisotopic (exact) mass is 216 g/mol. The van der Waals surface area contributed by atoms with Crippen molar-refractivity contribution in [3.8, 4) is 0 Å². The Kier molecular flexibility index (Phi) is 3.12. The van der Waals surface area contributed by atoms with Gasteiger partial charge in [0.05, 0.1) is 5.69 Å². The predicted molar refractivity (Wildman–Crippen MR) is 62.2 cm³/mol. The van der Waals surface area contributed by atoms with Gasteiger partial charge in [-0.15, -0.1) is 0 Å². The lowest BCUT2D eigenvalue weighted by atomic mass is 10.1. The quantitative estimate of drug-likeness (QED) is 0.851. The molecule has 82 valence electrons. The van der Waals surface area contributed by atoms with Crippen LogP contribution in [0.25, 0.3) is 10.8 Å². The number of benzene rings is 1. The minimum Gasteiger partial charge on any atom is -0.375 e. The molecule has 1 aromatic carbocycles. The second kappa shape index (κ2) is 4.72. The molecule has 1 heterocycles. The molecule has 4 nitrogen and oxygen atoms in total. The molecule has 2 aromatic rings. The van der Waals surface area contributed by atoms with Gasteiger partial charge in [-0.25, -0.2) is 0 Å². The lowest BCUT2D eigenvalue weighted by Crippen LogP contribution is -2.17. The van der Waals surface area contributed by atoms with Crippen LogP contribution in [0.2, 0.25) is 0 Å². The number of hydrogen-bond acceptors (Lipinski definition) is 3. The molecule has 16 heavy (non-hydrogen) atoms. The van der Waals surface area contributed by atoms with Crippen molar-refractivity contribution in [1.29, 1.82) is 0 Å². The van der Waals surface area contributed by atoms with Crippen molar-refractivity contribution in [2.75, 3.05) is 19.0 Å². The Morgan fingerprint density at radius 3 is 3.12 bits per heavy atom. The number of ether oxygens (including phenoxy) is 1. The maximum absolute atomic E-state index is 11.4. The first-order chi connectivity index (χ1) is 7.81. The number of rotatable bonds is 3. The Morgan fingerprint density at radius 1 is 1.44 bits per heavy atom. The van der Waals surface area contributed by atoms with Crippen LogP contribution in [-0.4, -0.2) is 24.6 Å². The summed E-state index contributed by atoms with van der Waals surface area (Å²) in [7, 11) is 1.49. The summed E-state index contributed by atoms with van der Waals surface area (Å²) >= 11 is 0. The van der Waals surface area contributed by atoms with Crippen molar-refractivity contribution in [3.05, 3.63) is 36.7 Å². The molecule has 0 saturated heterocycles. The molecule has 0 unspecified atom stereocenters. The third-order valence-corrected chi connectivity index (χ3v) is 2.23. The zero-order valence-corrected chi connectivity index (χ0v) is 8.93. The average Bonchev–Trinajstić information content (AvgIpc) is 2.30. The van der Waals surface area contributed by atoms with Gasteiger partial charge in [-0.05, 0) is 17.5 Å². The molecule has 1 aromatic heterocycles. The number of pyridine rings is 1. The van der Waals surface area contributed by atoms with Crippen LogP contribution in [0.15, 0.2) is 36.7 Å². The first kappa shape index (κ1) is 10.6. The van der Waals surface area contributed by atoms with Crippen LogP contribution in [0.1, 0.15) is 0 Å². The van der Waals surface area contributed by atoms with E-state index in [4.69, 9.17) is 4.74 Å².